The Bertz CT molecular complexity index is 1130. The first kappa shape index (κ1) is 25.0. The molecule has 1 atom stereocenters. The molecule has 34 heavy (non-hydrogen) atoms. The molecule has 180 valence electrons. The van der Waals surface area contributed by atoms with Crippen molar-refractivity contribution in [1.82, 2.24) is 0 Å². The molecule has 1 unspecified atom stereocenters. The maximum absolute atomic E-state index is 14.2. The van der Waals surface area contributed by atoms with Crippen LogP contribution in [0.15, 0.2) is 66.7 Å². The van der Waals surface area contributed by atoms with E-state index in [9.17, 15) is 26.7 Å². The zero-order valence-electron chi connectivity index (χ0n) is 18.3. The van der Waals surface area contributed by atoms with Gasteiger partial charge >= 0.3 is 12.1 Å². The lowest BCUT2D eigenvalue weighted by molar-refractivity contribution is -0.147. The second-order valence-corrected chi connectivity index (χ2v) is 7.83. The first-order chi connectivity index (χ1) is 16.0. The van der Waals surface area contributed by atoms with E-state index in [-0.39, 0.29) is 11.3 Å². The van der Waals surface area contributed by atoms with Gasteiger partial charge in [0, 0.05) is 5.56 Å². The molecule has 9 heteroatoms. The molecule has 0 fully saturated rings. The van der Waals surface area contributed by atoms with Crippen LogP contribution in [0.4, 0.5) is 27.6 Å². The molecule has 3 aromatic rings. The minimum Gasteiger partial charge on any atom is -0.459 e. The third-order valence-electron chi connectivity index (χ3n) is 4.89. The second kappa shape index (κ2) is 10.5. The average molecular weight is 479 g/mol. The minimum absolute atomic E-state index is 0.0602. The molecule has 0 amide bonds. The summed E-state index contributed by atoms with van der Waals surface area (Å²) in [5, 5.41) is 2.58. The summed E-state index contributed by atoms with van der Waals surface area (Å²) in [7, 11) is 0. The van der Waals surface area contributed by atoms with E-state index in [4.69, 9.17) is 9.47 Å². The third kappa shape index (κ3) is 6.46. The van der Waals surface area contributed by atoms with Gasteiger partial charge in [-0.2, -0.15) is 13.2 Å². The predicted octanol–water partition coefficient (Wildman–Crippen LogP) is 6.96. The standard InChI is InChI=1S/C25H22F5NO3/c1-15(2)23(31-22-11-8-17(13-21(22)27)25(28,29)30)24(32)33-14-16-12-19(9-10-20(16)26)34-18-6-4-3-5-7-18/h3-13,15,23,31H,14H2,1-2H3. The Morgan fingerprint density at radius 1 is 0.912 bits per heavy atom. The predicted molar refractivity (Wildman–Crippen MR) is 116 cm³/mol. The number of rotatable bonds is 8. The Kier molecular flexibility index (Phi) is 7.75. The molecule has 0 aliphatic carbocycles. The fourth-order valence-electron chi connectivity index (χ4n) is 3.06. The van der Waals surface area contributed by atoms with Crippen LogP contribution in [0.2, 0.25) is 0 Å². The van der Waals surface area contributed by atoms with Crippen molar-refractivity contribution in [2.24, 2.45) is 5.92 Å². The number of carbonyl (C=O) groups is 1. The molecule has 0 aliphatic rings. The van der Waals surface area contributed by atoms with Crippen LogP contribution in [0.1, 0.15) is 25.0 Å². The molecule has 0 saturated heterocycles. The van der Waals surface area contributed by atoms with Crippen molar-refractivity contribution in [1.29, 1.82) is 0 Å². The van der Waals surface area contributed by atoms with Gasteiger partial charge in [-0.1, -0.05) is 32.0 Å². The van der Waals surface area contributed by atoms with E-state index in [1.54, 1.807) is 38.1 Å². The molecule has 4 nitrogen and oxygen atoms in total. The monoisotopic (exact) mass is 479 g/mol. The zero-order valence-corrected chi connectivity index (χ0v) is 18.3. The Balaban J connectivity index is 1.69. The number of nitrogens with one attached hydrogen (secondary N) is 1. The molecule has 0 spiro atoms. The van der Waals surface area contributed by atoms with E-state index in [2.05, 4.69) is 5.32 Å². The lowest BCUT2D eigenvalue weighted by Gasteiger charge is -2.22. The Labute approximate surface area is 193 Å². The van der Waals surface area contributed by atoms with Crippen molar-refractivity contribution in [3.05, 3.63) is 89.5 Å². The molecule has 0 saturated carbocycles. The maximum Gasteiger partial charge on any atom is 0.416 e. The van der Waals surface area contributed by atoms with Crippen molar-refractivity contribution in [2.75, 3.05) is 5.32 Å². The van der Waals surface area contributed by atoms with E-state index in [1.165, 1.54) is 18.2 Å². The van der Waals surface area contributed by atoms with Crippen LogP contribution in [-0.4, -0.2) is 12.0 Å². The fourth-order valence-corrected chi connectivity index (χ4v) is 3.06. The summed E-state index contributed by atoms with van der Waals surface area (Å²) in [5.74, 6) is -2.13. The van der Waals surface area contributed by atoms with Gasteiger partial charge in [0.15, 0.2) is 0 Å². The van der Waals surface area contributed by atoms with E-state index in [1.807, 2.05) is 6.07 Å². The van der Waals surface area contributed by atoms with Gasteiger partial charge in [0.25, 0.3) is 0 Å². The molecule has 3 aromatic carbocycles. The van der Waals surface area contributed by atoms with E-state index in [0.717, 1.165) is 6.07 Å². The SMILES string of the molecule is CC(C)C(Nc1ccc(C(F)(F)F)cc1F)C(=O)OCc1cc(Oc2ccccc2)ccc1F. The van der Waals surface area contributed by atoms with Gasteiger partial charge in [-0.25, -0.2) is 13.6 Å². The molecule has 0 aromatic heterocycles. The van der Waals surface area contributed by atoms with Crippen LogP contribution in [0.25, 0.3) is 0 Å². The number of anilines is 1. The molecule has 1 N–H and O–H groups in total. The lowest BCUT2D eigenvalue weighted by Crippen LogP contribution is -2.36. The summed E-state index contributed by atoms with van der Waals surface area (Å²) < 4.78 is 77.6. The number of carbonyl (C=O) groups excluding carboxylic acids is 1. The van der Waals surface area contributed by atoms with E-state index in [0.29, 0.717) is 23.6 Å². The first-order valence-electron chi connectivity index (χ1n) is 10.4. The second-order valence-electron chi connectivity index (χ2n) is 7.83. The molecular formula is C25H22F5NO3. The zero-order chi connectivity index (χ0) is 24.9. The van der Waals surface area contributed by atoms with Crippen molar-refractivity contribution in [3.63, 3.8) is 0 Å². The van der Waals surface area contributed by atoms with E-state index < -0.39 is 47.9 Å². The first-order valence-corrected chi connectivity index (χ1v) is 10.4. The summed E-state index contributed by atoms with van der Waals surface area (Å²) in [6.07, 6.45) is -4.70. The normalized spacial score (nSPS) is 12.4. The van der Waals surface area contributed by atoms with Gasteiger partial charge < -0.3 is 14.8 Å². The summed E-state index contributed by atoms with van der Waals surface area (Å²) in [5.41, 5.74) is -1.37. The Hall–Kier alpha value is -3.62. The number of hydrogen-bond acceptors (Lipinski definition) is 4. The fraction of sp³-hybridized carbons (Fsp3) is 0.240. The van der Waals surface area contributed by atoms with Crippen LogP contribution in [0.5, 0.6) is 11.5 Å². The van der Waals surface area contributed by atoms with Gasteiger partial charge in [-0.3, -0.25) is 0 Å². The molecular weight excluding hydrogens is 457 g/mol. The average Bonchev–Trinajstić information content (AvgIpc) is 2.78. The van der Waals surface area contributed by atoms with Crippen LogP contribution < -0.4 is 10.1 Å². The smallest absolute Gasteiger partial charge is 0.416 e. The quantitative estimate of drug-likeness (QED) is 0.280. The van der Waals surface area contributed by atoms with E-state index >= 15 is 0 Å². The summed E-state index contributed by atoms with van der Waals surface area (Å²) in [6.45, 7) is 2.88. The summed E-state index contributed by atoms with van der Waals surface area (Å²) >= 11 is 0. The number of benzene rings is 3. The minimum atomic E-state index is -4.70. The number of ether oxygens (including phenoxy) is 2. The lowest BCUT2D eigenvalue weighted by atomic mass is 10.0. The summed E-state index contributed by atoms with van der Waals surface area (Å²) in [4.78, 5) is 12.6. The molecule has 0 bridgehead atoms. The highest BCUT2D eigenvalue weighted by Gasteiger charge is 2.32. The summed E-state index contributed by atoms with van der Waals surface area (Å²) in [6, 6.07) is 13.7. The number of para-hydroxylation sites is 1. The van der Waals surface area contributed by atoms with Crippen molar-refractivity contribution in [2.45, 2.75) is 32.7 Å². The Morgan fingerprint density at radius 3 is 2.24 bits per heavy atom. The van der Waals surface area contributed by atoms with Crippen molar-refractivity contribution < 1.29 is 36.2 Å². The van der Waals surface area contributed by atoms with Gasteiger partial charge in [0.2, 0.25) is 0 Å². The number of alkyl halides is 3. The van der Waals surface area contributed by atoms with Crippen LogP contribution >= 0.6 is 0 Å². The molecule has 0 heterocycles. The maximum atomic E-state index is 14.2. The molecule has 0 aliphatic heterocycles. The van der Waals surface area contributed by atoms with Crippen LogP contribution in [0.3, 0.4) is 0 Å². The molecule has 3 rings (SSSR count). The number of esters is 1. The highest BCUT2D eigenvalue weighted by molar-refractivity contribution is 5.79. The Morgan fingerprint density at radius 2 is 1.62 bits per heavy atom. The number of hydrogen-bond donors (Lipinski definition) is 1. The third-order valence-corrected chi connectivity index (χ3v) is 4.89. The van der Waals surface area contributed by atoms with Gasteiger partial charge in [-0.15, -0.1) is 0 Å². The molecule has 0 radical (unpaired) electrons. The van der Waals surface area contributed by atoms with Crippen LogP contribution in [0, 0.1) is 17.6 Å². The highest BCUT2D eigenvalue weighted by atomic mass is 19.4. The van der Waals surface area contributed by atoms with Crippen LogP contribution in [-0.2, 0) is 22.3 Å². The largest absolute Gasteiger partial charge is 0.459 e. The van der Waals surface area contributed by atoms with Gasteiger partial charge in [0.05, 0.1) is 11.3 Å². The van der Waals surface area contributed by atoms with Gasteiger partial charge in [-0.05, 0) is 54.4 Å². The van der Waals surface area contributed by atoms with Gasteiger partial charge in [0.1, 0.15) is 35.8 Å². The highest BCUT2D eigenvalue weighted by Crippen LogP contribution is 2.32. The van der Waals surface area contributed by atoms with Crippen molar-refractivity contribution >= 4 is 11.7 Å². The van der Waals surface area contributed by atoms with Crippen molar-refractivity contribution in [3.8, 4) is 11.5 Å². The number of halogens is 5. The topological polar surface area (TPSA) is 47.6 Å².